The number of carbonyl (C=O) groups is 2. The average molecular weight is 357 g/mol. The number of rotatable bonds is 8. The molecule has 8 heteroatoms. The highest BCUT2D eigenvalue weighted by molar-refractivity contribution is 6.30. The van der Waals surface area contributed by atoms with Crippen molar-refractivity contribution in [2.75, 3.05) is 31.6 Å². The van der Waals surface area contributed by atoms with Crippen LogP contribution in [0.25, 0.3) is 0 Å². The maximum atomic E-state index is 12.3. The summed E-state index contributed by atoms with van der Waals surface area (Å²) in [4.78, 5) is 29.9. The smallest absolute Gasteiger partial charge is 0.412 e. The Bertz CT molecular complexity index is 564. The molecule has 0 fully saturated rings. The van der Waals surface area contributed by atoms with E-state index in [-0.39, 0.29) is 29.5 Å². The van der Waals surface area contributed by atoms with E-state index in [1.807, 2.05) is 0 Å². The Morgan fingerprint density at radius 1 is 1.29 bits per heavy atom. The van der Waals surface area contributed by atoms with Crippen LogP contribution < -0.4 is 10.6 Å². The first kappa shape index (κ1) is 20.2. The summed E-state index contributed by atoms with van der Waals surface area (Å²) in [5.41, 5.74) is 0.327. The normalized spacial score (nSPS) is 11.9. The Labute approximate surface area is 147 Å². The number of halogens is 1. The van der Waals surface area contributed by atoms with Crippen LogP contribution in [-0.4, -0.2) is 54.2 Å². The lowest BCUT2D eigenvalue weighted by Crippen LogP contribution is -2.42. The molecule has 24 heavy (non-hydrogen) atoms. The van der Waals surface area contributed by atoms with Gasteiger partial charge in [0.15, 0.2) is 0 Å². The monoisotopic (exact) mass is 356 g/mol. The first-order chi connectivity index (χ1) is 11.4. The summed E-state index contributed by atoms with van der Waals surface area (Å²) in [5.74, 6) is -0.104. The van der Waals surface area contributed by atoms with Crippen LogP contribution in [0, 0.1) is 0 Å². The highest BCUT2D eigenvalue weighted by Crippen LogP contribution is 2.15. The van der Waals surface area contributed by atoms with Crippen LogP contribution >= 0.6 is 11.6 Å². The maximum absolute atomic E-state index is 12.3. The summed E-state index contributed by atoms with van der Waals surface area (Å²) in [6.07, 6.45) is -0.645. The number of likely N-dealkylation sites (N-methyl/N-ethyl adjacent to an activating group) is 1. The van der Waals surface area contributed by atoms with Gasteiger partial charge in [-0.25, -0.2) is 9.78 Å². The SMILES string of the molecule is CCOC(=O)Nc1cc(C(=O)NC[C@H](C)N(CC)CC)cc(Cl)n1. The fourth-order valence-corrected chi connectivity index (χ4v) is 2.49. The quantitative estimate of drug-likeness (QED) is 0.700. The lowest BCUT2D eigenvalue weighted by atomic mass is 10.2. The van der Waals surface area contributed by atoms with Crippen molar-refractivity contribution in [3.8, 4) is 0 Å². The Morgan fingerprint density at radius 2 is 1.96 bits per heavy atom. The van der Waals surface area contributed by atoms with Crippen molar-refractivity contribution in [2.24, 2.45) is 0 Å². The zero-order valence-corrected chi connectivity index (χ0v) is 15.3. The van der Waals surface area contributed by atoms with Crippen LogP contribution in [0.3, 0.4) is 0 Å². The number of nitrogens with zero attached hydrogens (tertiary/aromatic N) is 2. The van der Waals surface area contributed by atoms with Gasteiger partial charge in [-0.2, -0.15) is 0 Å². The summed E-state index contributed by atoms with van der Waals surface area (Å²) in [6, 6.07) is 3.13. The Kier molecular flexibility index (Phi) is 8.49. The van der Waals surface area contributed by atoms with Gasteiger partial charge in [0.05, 0.1) is 6.61 Å². The van der Waals surface area contributed by atoms with E-state index in [0.717, 1.165) is 13.1 Å². The molecule has 0 radical (unpaired) electrons. The van der Waals surface area contributed by atoms with E-state index in [4.69, 9.17) is 16.3 Å². The molecule has 0 saturated heterocycles. The van der Waals surface area contributed by atoms with E-state index in [1.54, 1.807) is 6.92 Å². The van der Waals surface area contributed by atoms with Crippen LogP contribution in [0.5, 0.6) is 0 Å². The maximum Gasteiger partial charge on any atom is 0.412 e. The Morgan fingerprint density at radius 3 is 2.54 bits per heavy atom. The summed E-state index contributed by atoms with van der Waals surface area (Å²) in [6.45, 7) is 10.5. The van der Waals surface area contributed by atoms with Crippen molar-refractivity contribution in [3.63, 3.8) is 0 Å². The Hall–Kier alpha value is -1.86. The zero-order chi connectivity index (χ0) is 18.1. The van der Waals surface area contributed by atoms with Crippen LogP contribution in [-0.2, 0) is 4.74 Å². The fourth-order valence-electron chi connectivity index (χ4n) is 2.28. The number of ether oxygens (including phenoxy) is 1. The topological polar surface area (TPSA) is 83.6 Å². The van der Waals surface area contributed by atoms with Gasteiger partial charge < -0.3 is 10.1 Å². The summed E-state index contributed by atoms with van der Waals surface area (Å²) in [7, 11) is 0. The number of carbonyl (C=O) groups excluding carboxylic acids is 2. The van der Waals surface area contributed by atoms with Crippen molar-refractivity contribution < 1.29 is 14.3 Å². The second kappa shape index (κ2) is 10.1. The van der Waals surface area contributed by atoms with Gasteiger partial charge in [0.1, 0.15) is 11.0 Å². The molecule has 0 bridgehead atoms. The van der Waals surface area contributed by atoms with E-state index in [0.29, 0.717) is 12.1 Å². The number of hydrogen-bond acceptors (Lipinski definition) is 5. The van der Waals surface area contributed by atoms with Gasteiger partial charge in [0.2, 0.25) is 0 Å². The lowest BCUT2D eigenvalue weighted by Gasteiger charge is -2.26. The van der Waals surface area contributed by atoms with E-state index in [9.17, 15) is 9.59 Å². The van der Waals surface area contributed by atoms with Gasteiger partial charge in [-0.15, -0.1) is 0 Å². The molecule has 0 aromatic carbocycles. The lowest BCUT2D eigenvalue weighted by molar-refractivity contribution is 0.0937. The molecule has 1 heterocycles. The molecule has 0 aliphatic heterocycles. The first-order valence-corrected chi connectivity index (χ1v) is 8.42. The third kappa shape index (κ3) is 6.33. The molecule has 7 nitrogen and oxygen atoms in total. The van der Waals surface area contributed by atoms with Gasteiger partial charge in [0, 0.05) is 18.2 Å². The van der Waals surface area contributed by atoms with Crippen molar-refractivity contribution in [1.29, 1.82) is 0 Å². The van der Waals surface area contributed by atoms with E-state index in [1.165, 1.54) is 12.1 Å². The number of anilines is 1. The van der Waals surface area contributed by atoms with Crippen LogP contribution in [0.15, 0.2) is 12.1 Å². The molecule has 2 N–H and O–H groups in total. The fraction of sp³-hybridized carbons (Fsp3) is 0.562. The molecular weight excluding hydrogens is 332 g/mol. The summed E-state index contributed by atoms with van der Waals surface area (Å²) < 4.78 is 4.78. The van der Waals surface area contributed by atoms with Crippen molar-refractivity contribution in [3.05, 3.63) is 22.8 Å². The molecule has 0 aliphatic rings. The predicted octanol–water partition coefficient (Wildman–Crippen LogP) is 2.76. The minimum atomic E-state index is -0.645. The molecular formula is C16H25ClN4O3. The van der Waals surface area contributed by atoms with Gasteiger partial charge in [-0.3, -0.25) is 15.0 Å². The molecule has 2 amide bonds. The minimum Gasteiger partial charge on any atom is -0.450 e. The van der Waals surface area contributed by atoms with Gasteiger partial charge in [-0.05, 0) is 39.1 Å². The number of hydrogen-bond donors (Lipinski definition) is 2. The standard InChI is InChI=1S/C16H25ClN4O3/c1-5-21(6-2)11(4)10-18-15(22)12-8-13(17)19-14(9-12)20-16(23)24-7-3/h8-9,11H,5-7,10H2,1-4H3,(H,18,22)(H,19,20,23)/t11-/m0/s1. The van der Waals surface area contributed by atoms with Crippen LogP contribution in [0.1, 0.15) is 38.1 Å². The molecule has 1 aromatic rings. The first-order valence-electron chi connectivity index (χ1n) is 8.04. The van der Waals surface area contributed by atoms with E-state index < -0.39 is 6.09 Å². The summed E-state index contributed by atoms with van der Waals surface area (Å²) in [5, 5.41) is 5.42. The predicted molar refractivity (Wildman–Crippen MR) is 94.6 cm³/mol. The molecule has 0 saturated carbocycles. The largest absolute Gasteiger partial charge is 0.450 e. The molecule has 1 aromatic heterocycles. The number of pyridine rings is 1. The highest BCUT2D eigenvalue weighted by Gasteiger charge is 2.14. The molecule has 0 spiro atoms. The van der Waals surface area contributed by atoms with Crippen molar-refractivity contribution in [1.82, 2.24) is 15.2 Å². The molecule has 1 rings (SSSR count). The number of amides is 2. The van der Waals surface area contributed by atoms with Gasteiger partial charge >= 0.3 is 6.09 Å². The van der Waals surface area contributed by atoms with E-state index >= 15 is 0 Å². The second-order valence-corrected chi connectivity index (χ2v) is 5.58. The second-order valence-electron chi connectivity index (χ2n) is 5.19. The van der Waals surface area contributed by atoms with Crippen molar-refractivity contribution in [2.45, 2.75) is 33.7 Å². The van der Waals surface area contributed by atoms with Crippen molar-refractivity contribution >= 4 is 29.4 Å². The number of nitrogens with one attached hydrogen (secondary N) is 2. The third-order valence-electron chi connectivity index (χ3n) is 3.56. The average Bonchev–Trinajstić information content (AvgIpc) is 2.53. The molecule has 0 aliphatic carbocycles. The molecule has 0 unspecified atom stereocenters. The van der Waals surface area contributed by atoms with Gasteiger partial charge in [-0.1, -0.05) is 25.4 Å². The number of aromatic nitrogens is 1. The van der Waals surface area contributed by atoms with E-state index in [2.05, 4.69) is 41.3 Å². The van der Waals surface area contributed by atoms with Crippen LogP contribution in [0.4, 0.5) is 10.6 Å². The van der Waals surface area contributed by atoms with Crippen LogP contribution in [0.2, 0.25) is 5.15 Å². The minimum absolute atomic E-state index is 0.117. The zero-order valence-electron chi connectivity index (χ0n) is 14.6. The molecule has 134 valence electrons. The highest BCUT2D eigenvalue weighted by atomic mass is 35.5. The Balaban J connectivity index is 2.73. The molecule has 1 atom stereocenters. The third-order valence-corrected chi connectivity index (χ3v) is 3.75. The summed E-state index contributed by atoms with van der Waals surface area (Å²) >= 11 is 5.92. The van der Waals surface area contributed by atoms with Gasteiger partial charge in [0.25, 0.3) is 5.91 Å².